The van der Waals surface area contributed by atoms with Crippen LogP contribution < -0.4 is 4.72 Å². The summed E-state index contributed by atoms with van der Waals surface area (Å²) in [4.78, 5) is 0.245. The van der Waals surface area contributed by atoms with Crippen LogP contribution in [0.5, 0.6) is 0 Å². The Balaban J connectivity index is 2.03. The second-order valence-corrected chi connectivity index (χ2v) is 8.48. The average Bonchev–Trinajstić information content (AvgIpc) is 2.61. The van der Waals surface area contributed by atoms with Crippen LogP contribution in [0.4, 0.5) is 0 Å². The van der Waals surface area contributed by atoms with Gasteiger partial charge in [-0.15, -0.1) is 0 Å². The third-order valence-electron chi connectivity index (χ3n) is 4.18. The summed E-state index contributed by atoms with van der Waals surface area (Å²) >= 11 is 5.99. The van der Waals surface area contributed by atoms with Crippen LogP contribution in [0.1, 0.15) is 28.3 Å². The van der Waals surface area contributed by atoms with Crippen LogP contribution in [-0.4, -0.2) is 8.42 Å². The summed E-state index contributed by atoms with van der Waals surface area (Å²) in [5, 5.41) is 0.609. The van der Waals surface area contributed by atoms with E-state index >= 15 is 0 Å². The summed E-state index contributed by atoms with van der Waals surface area (Å²) in [6.45, 7) is 3.91. The predicted octanol–water partition coefficient (Wildman–Crippen LogP) is 5.02. The molecule has 1 atom stereocenters. The second-order valence-electron chi connectivity index (χ2n) is 6.33. The van der Waals surface area contributed by atoms with Gasteiger partial charge in [0.1, 0.15) is 0 Å². The molecule has 3 aromatic carbocycles. The van der Waals surface area contributed by atoms with Crippen molar-refractivity contribution in [3.8, 4) is 0 Å². The zero-order valence-electron chi connectivity index (χ0n) is 14.6. The number of aryl methyl sites for hydroxylation is 2. The average molecular weight is 386 g/mol. The van der Waals surface area contributed by atoms with E-state index in [0.717, 1.165) is 22.3 Å². The van der Waals surface area contributed by atoms with Crippen LogP contribution in [0.2, 0.25) is 5.02 Å². The van der Waals surface area contributed by atoms with Crippen LogP contribution in [0.25, 0.3) is 0 Å². The van der Waals surface area contributed by atoms with Crippen molar-refractivity contribution >= 4 is 21.6 Å². The van der Waals surface area contributed by atoms with E-state index in [1.807, 2.05) is 50.2 Å². The fourth-order valence-corrected chi connectivity index (χ4v) is 4.11. The van der Waals surface area contributed by atoms with E-state index in [2.05, 4.69) is 4.72 Å². The van der Waals surface area contributed by atoms with Crippen molar-refractivity contribution in [1.82, 2.24) is 4.72 Å². The highest BCUT2D eigenvalue weighted by molar-refractivity contribution is 7.89. The predicted molar refractivity (Wildman–Crippen MR) is 106 cm³/mol. The van der Waals surface area contributed by atoms with Gasteiger partial charge in [0.15, 0.2) is 0 Å². The minimum absolute atomic E-state index is 0.245. The summed E-state index contributed by atoms with van der Waals surface area (Å²) in [6, 6.07) is 21.3. The molecule has 0 bridgehead atoms. The molecule has 0 unspecified atom stereocenters. The van der Waals surface area contributed by atoms with Gasteiger partial charge in [-0.05, 0) is 49.2 Å². The number of sulfonamides is 1. The lowest BCUT2D eigenvalue weighted by Crippen LogP contribution is -2.29. The highest BCUT2D eigenvalue weighted by atomic mass is 35.5. The lowest BCUT2D eigenvalue weighted by molar-refractivity contribution is 0.572. The Hall–Kier alpha value is -2.14. The first-order valence-corrected chi connectivity index (χ1v) is 10.1. The molecule has 0 aliphatic rings. The van der Waals surface area contributed by atoms with Crippen molar-refractivity contribution < 1.29 is 8.42 Å². The molecule has 3 nitrogen and oxygen atoms in total. The standard InChI is InChI=1S/C21H20ClNO2S/c1-15-6-12-20(13-7-15)26(24,25)23-21(17-8-10-19(22)11-9-17)18-5-3-4-16(2)14-18/h3-14,21,23H,1-2H3/t21-/m0/s1. The second kappa shape index (κ2) is 7.62. The van der Waals surface area contributed by atoms with Crippen molar-refractivity contribution in [3.63, 3.8) is 0 Å². The van der Waals surface area contributed by atoms with Crippen molar-refractivity contribution in [2.24, 2.45) is 0 Å². The van der Waals surface area contributed by atoms with Gasteiger partial charge in [0.05, 0.1) is 10.9 Å². The molecule has 0 saturated carbocycles. The summed E-state index contributed by atoms with van der Waals surface area (Å²) in [7, 11) is -3.68. The van der Waals surface area contributed by atoms with E-state index in [4.69, 9.17) is 11.6 Å². The number of hydrogen-bond acceptors (Lipinski definition) is 2. The van der Waals surface area contributed by atoms with Crippen LogP contribution in [0.15, 0.2) is 77.7 Å². The lowest BCUT2D eigenvalue weighted by Gasteiger charge is -2.20. The monoisotopic (exact) mass is 385 g/mol. The van der Waals surface area contributed by atoms with E-state index in [-0.39, 0.29) is 4.90 Å². The van der Waals surface area contributed by atoms with Crippen LogP contribution >= 0.6 is 11.6 Å². The van der Waals surface area contributed by atoms with E-state index in [1.54, 1.807) is 36.4 Å². The molecule has 1 N–H and O–H groups in total. The summed E-state index contributed by atoms with van der Waals surface area (Å²) in [5.41, 5.74) is 3.78. The minimum atomic E-state index is -3.68. The first kappa shape index (κ1) is 18.6. The Morgan fingerprint density at radius 3 is 2.08 bits per heavy atom. The molecule has 0 radical (unpaired) electrons. The maximum absolute atomic E-state index is 12.9. The van der Waals surface area contributed by atoms with Crippen LogP contribution in [0.3, 0.4) is 0 Å². The molecule has 26 heavy (non-hydrogen) atoms. The van der Waals surface area contributed by atoms with Crippen LogP contribution in [-0.2, 0) is 10.0 Å². The Morgan fingerprint density at radius 2 is 1.46 bits per heavy atom. The maximum atomic E-state index is 12.9. The number of rotatable bonds is 5. The molecule has 3 aromatic rings. The van der Waals surface area contributed by atoms with Gasteiger partial charge in [-0.1, -0.05) is 71.3 Å². The fraction of sp³-hybridized carbons (Fsp3) is 0.143. The molecule has 0 amide bonds. The molecular weight excluding hydrogens is 366 g/mol. The Morgan fingerprint density at radius 1 is 0.808 bits per heavy atom. The van der Waals surface area contributed by atoms with Gasteiger partial charge in [-0.2, -0.15) is 4.72 Å². The Labute approximate surface area is 159 Å². The molecule has 134 valence electrons. The molecule has 0 aliphatic carbocycles. The molecule has 0 aromatic heterocycles. The minimum Gasteiger partial charge on any atom is -0.207 e. The fourth-order valence-electron chi connectivity index (χ4n) is 2.77. The van der Waals surface area contributed by atoms with Gasteiger partial charge in [0.25, 0.3) is 0 Å². The van der Waals surface area contributed by atoms with Crippen molar-refractivity contribution in [3.05, 3.63) is 100 Å². The van der Waals surface area contributed by atoms with Gasteiger partial charge in [-0.3, -0.25) is 0 Å². The zero-order chi connectivity index (χ0) is 18.7. The highest BCUT2D eigenvalue weighted by Crippen LogP contribution is 2.26. The third-order valence-corrected chi connectivity index (χ3v) is 5.87. The molecule has 5 heteroatoms. The first-order valence-electron chi connectivity index (χ1n) is 8.26. The maximum Gasteiger partial charge on any atom is 0.241 e. The summed E-state index contributed by atoms with van der Waals surface area (Å²) in [6.07, 6.45) is 0. The van der Waals surface area contributed by atoms with E-state index in [1.165, 1.54) is 0 Å². The van der Waals surface area contributed by atoms with E-state index in [0.29, 0.717) is 5.02 Å². The molecule has 0 heterocycles. The summed E-state index contributed by atoms with van der Waals surface area (Å²) < 4.78 is 28.7. The highest BCUT2D eigenvalue weighted by Gasteiger charge is 2.23. The molecule has 0 aliphatic heterocycles. The SMILES string of the molecule is Cc1ccc(S(=O)(=O)N[C@@H](c2ccc(Cl)cc2)c2cccc(C)c2)cc1. The smallest absolute Gasteiger partial charge is 0.207 e. The molecule has 0 saturated heterocycles. The molecule has 0 spiro atoms. The van der Waals surface area contributed by atoms with Crippen molar-refractivity contribution in [1.29, 1.82) is 0 Å². The van der Waals surface area contributed by atoms with Crippen LogP contribution in [0, 0.1) is 13.8 Å². The molecule has 3 rings (SSSR count). The third kappa shape index (κ3) is 4.33. The quantitative estimate of drug-likeness (QED) is 0.669. The number of hydrogen-bond donors (Lipinski definition) is 1. The molecular formula is C21H20ClNO2S. The van der Waals surface area contributed by atoms with Crippen molar-refractivity contribution in [2.75, 3.05) is 0 Å². The topological polar surface area (TPSA) is 46.2 Å². The normalized spacial score (nSPS) is 12.7. The van der Waals surface area contributed by atoms with E-state index < -0.39 is 16.1 Å². The molecule has 0 fully saturated rings. The van der Waals surface area contributed by atoms with Gasteiger partial charge in [0, 0.05) is 5.02 Å². The van der Waals surface area contributed by atoms with Gasteiger partial charge < -0.3 is 0 Å². The zero-order valence-corrected chi connectivity index (χ0v) is 16.2. The first-order chi connectivity index (χ1) is 12.3. The number of halogens is 1. The number of nitrogens with one attached hydrogen (secondary N) is 1. The summed E-state index contributed by atoms with van der Waals surface area (Å²) in [5.74, 6) is 0. The Bertz CT molecular complexity index is 997. The Kier molecular flexibility index (Phi) is 5.47. The van der Waals surface area contributed by atoms with E-state index in [9.17, 15) is 8.42 Å². The lowest BCUT2D eigenvalue weighted by atomic mass is 9.98. The largest absolute Gasteiger partial charge is 0.241 e. The number of benzene rings is 3. The van der Waals surface area contributed by atoms with Gasteiger partial charge >= 0.3 is 0 Å². The van der Waals surface area contributed by atoms with Gasteiger partial charge in [-0.25, -0.2) is 8.42 Å². The van der Waals surface area contributed by atoms with Crippen molar-refractivity contribution in [2.45, 2.75) is 24.8 Å². The van der Waals surface area contributed by atoms with Gasteiger partial charge in [0.2, 0.25) is 10.0 Å².